The summed E-state index contributed by atoms with van der Waals surface area (Å²) < 4.78 is 26.2. The minimum atomic E-state index is -0.378. The van der Waals surface area contributed by atoms with Crippen molar-refractivity contribution in [3.63, 3.8) is 0 Å². The van der Waals surface area contributed by atoms with Crippen LogP contribution in [0.3, 0.4) is 0 Å². The molecule has 2 N–H and O–H groups in total. The van der Waals surface area contributed by atoms with Crippen molar-refractivity contribution < 1.29 is 18.4 Å². The second-order valence-electron chi connectivity index (χ2n) is 6.16. The number of nitrogens with one attached hydrogen (secondary N) is 2. The summed E-state index contributed by atoms with van der Waals surface area (Å²) in [6.45, 7) is 4.20. The molecule has 0 aliphatic rings. The van der Waals surface area contributed by atoms with Crippen LogP contribution in [0.5, 0.6) is 0 Å². The summed E-state index contributed by atoms with van der Waals surface area (Å²) >= 11 is 0. The van der Waals surface area contributed by atoms with Crippen molar-refractivity contribution in [3.8, 4) is 0 Å². The molecule has 2 rings (SSSR count). The molecule has 0 aliphatic carbocycles. The summed E-state index contributed by atoms with van der Waals surface area (Å²) in [6, 6.07) is 10.1. The van der Waals surface area contributed by atoms with E-state index in [0.717, 1.165) is 11.1 Å². The molecule has 2 aromatic rings. The van der Waals surface area contributed by atoms with Gasteiger partial charge in [0.25, 0.3) is 0 Å². The molecule has 0 bridgehead atoms. The van der Waals surface area contributed by atoms with E-state index in [1.165, 1.54) is 23.1 Å². The SMILES string of the molecule is CCN(CC(=O)NCc1ccc(F)cc1)C(=O)NCc1ccc(F)c(C)c1. The van der Waals surface area contributed by atoms with E-state index in [-0.39, 0.29) is 43.2 Å². The minimum Gasteiger partial charge on any atom is -0.350 e. The molecule has 0 atom stereocenters. The maximum Gasteiger partial charge on any atom is 0.318 e. The number of halogens is 2. The van der Waals surface area contributed by atoms with Gasteiger partial charge in [0.1, 0.15) is 18.2 Å². The number of urea groups is 1. The van der Waals surface area contributed by atoms with Gasteiger partial charge in [0.2, 0.25) is 5.91 Å². The number of carbonyl (C=O) groups is 2. The third-order valence-corrected chi connectivity index (χ3v) is 4.07. The number of hydrogen-bond acceptors (Lipinski definition) is 2. The van der Waals surface area contributed by atoms with Gasteiger partial charge in [-0.05, 0) is 48.7 Å². The molecule has 5 nitrogen and oxygen atoms in total. The van der Waals surface area contributed by atoms with Crippen molar-refractivity contribution in [2.75, 3.05) is 13.1 Å². The standard InChI is InChI=1S/C20H23F2N3O2/c1-3-25(13-19(26)23-11-15-4-7-17(21)8-5-15)20(27)24-12-16-6-9-18(22)14(2)10-16/h4-10H,3,11-13H2,1-2H3,(H,23,26)(H,24,27). The third kappa shape index (κ3) is 6.36. The van der Waals surface area contributed by atoms with Gasteiger partial charge in [0, 0.05) is 19.6 Å². The minimum absolute atomic E-state index is 0.0913. The van der Waals surface area contributed by atoms with Gasteiger partial charge in [-0.3, -0.25) is 4.79 Å². The fraction of sp³-hybridized carbons (Fsp3) is 0.300. The molecule has 0 aromatic heterocycles. The van der Waals surface area contributed by atoms with E-state index in [4.69, 9.17) is 0 Å². The molecular formula is C20H23F2N3O2. The van der Waals surface area contributed by atoms with E-state index < -0.39 is 0 Å². The van der Waals surface area contributed by atoms with Gasteiger partial charge >= 0.3 is 6.03 Å². The van der Waals surface area contributed by atoms with Crippen LogP contribution in [0, 0.1) is 18.6 Å². The largest absolute Gasteiger partial charge is 0.350 e. The highest BCUT2D eigenvalue weighted by Gasteiger charge is 2.15. The molecule has 0 unspecified atom stereocenters. The fourth-order valence-electron chi connectivity index (χ4n) is 2.47. The molecule has 0 saturated carbocycles. The van der Waals surface area contributed by atoms with Crippen LogP contribution < -0.4 is 10.6 Å². The predicted octanol–water partition coefficient (Wildman–Crippen LogP) is 3.12. The van der Waals surface area contributed by atoms with Gasteiger partial charge < -0.3 is 15.5 Å². The van der Waals surface area contributed by atoms with E-state index >= 15 is 0 Å². The van der Waals surface area contributed by atoms with Crippen molar-refractivity contribution in [2.45, 2.75) is 26.9 Å². The van der Waals surface area contributed by atoms with Gasteiger partial charge in [0.15, 0.2) is 0 Å². The molecule has 0 spiro atoms. The molecule has 0 aliphatic heterocycles. The molecule has 0 radical (unpaired) electrons. The Bertz CT molecular complexity index is 794. The molecule has 144 valence electrons. The van der Waals surface area contributed by atoms with Crippen molar-refractivity contribution >= 4 is 11.9 Å². The number of likely N-dealkylation sites (N-methyl/N-ethyl adjacent to an activating group) is 1. The lowest BCUT2D eigenvalue weighted by molar-refractivity contribution is -0.121. The monoisotopic (exact) mass is 375 g/mol. The summed E-state index contributed by atoms with van der Waals surface area (Å²) in [4.78, 5) is 25.7. The number of carbonyl (C=O) groups excluding carboxylic acids is 2. The molecular weight excluding hydrogens is 352 g/mol. The molecule has 27 heavy (non-hydrogen) atoms. The van der Waals surface area contributed by atoms with Crippen LogP contribution in [-0.2, 0) is 17.9 Å². The van der Waals surface area contributed by atoms with Gasteiger partial charge in [-0.2, -0.15) is 0 Å². The Balaban J connectivity index is 1.81. The highest BCUT2D eigenvalue weighted by atomic mass is 19.1. The first-order valence-electron chi connectivity index (χ1n) is 8.68. The Morgan fingerprint density at radius 2 is 1.59 bits per heavy atom. The van der Waals surface area contributed by atoms with Gasteiger partial charge in [-0.25, -0.2) is 13.6 Å². The predicted molar refractivity (Wildman–Crippen MR) is 98.9 cm³/mol. The average molecular weight is 375 g/mol. The number of nitrogens with zero attached hydrogens (tertiary/aromatic N) is 1. The number of hydrogen-bond donors (Lipinski definition) is 2. The van der Waals surface area contributed by atoms with Gasteiger partial charge in [-0.1, -0.05) is 24.3 Å². The lowest BCUT2D eigenvalue weighted by Gasteiger charge is -2.21. The first kappa shape index (κ1) is 20.4. The molecule has 7 heteroatoms. The molecule has 0 fully saturated rings. The van der Waals surface area contributed by atoms with E-state index in [2.05, 4.69) is 10.6 Å². The number of aryl methyl sites for hydroxylation is 1. The first-order chi connectivity index (χ1) is 12.9. The molecule has 0 saturated heterocycles. The van der Waals surface area contributed by atoms with Crippen molar-refractivity contribution in [2.24, 2.45) is 0 Å². The number of benzene rings is 2. The Kier molecular flexibility index (Phi) is 7.28. The van der Waals surface area contributed by atoms with E-state index in [1.54, 1.807) is 38.1 Å². The number of rotatable bonds is 7. The highest BCUT2D eigenvalue weighted by molar-refractivity contribution is 5.84. The van der Waals surface area contributed by atoms with Crippen LogP contribution in [0.2, 0.25) is 0 Å². The van der Waals surface area contributed by atoms with E-state index in [9.17, 15) is 18.4 Å². The lowest BCUT2D eigenvalue weighted by atomic mass is 10.1. The Morgan fingerprint density at radius 3 is 2.22 bits per heavy atom. The number of amides is 3. The Hall–Kier alpha value is -2.96. The summed E-state index contributed by atoms with van der Waals surface area (Å²) in [6.07, 6.45) is 0. The molecule has 2 aromatic carbocycles. The Labute approximate surface area is 157 Å². The lowest BCUT2D eigenvalue weighted by Crippen LogP contribution is -2.45. The highest BCUT2D eigenvalue weighted by Crippen LogP contribution is 2.09. The quantitative estimate of drug-likeness (QED) is 0.781. The average Bonchev–Trinajstić information content (AvgIpc) is 2.66. The topological polar surface area (TPSA) is 61.4 Å². The maximum atomic E-state index is 13.3. The maximum absolute atomic E-state index is 13.3. The van der Waals surface area contributed by atoms with Crippen molar-refractivity contribution in [1.29, 1.82) is 0 Å². The van der Waals surface area contributed by atoms with Crippen LogP contribution in [0.15, 0.2) is 42.5 Å². The van der Waals surface area contributed by atoms with Crippen LogP contribution in [0.1, 0.15) is 23.6 Å². The molecule has 0 heterocycles. The summed E-state index contributed by atoms with van der Waals surface area (Å²) in [5.74, 6) is -0.942. The van der Waals surface area contributed by atoms with E-state index in [0.29, 0.717) is 12.1 Å². The van der Waals surface area contributed by atoms with Crippen LogP contribution in [-0.4, -0.2) is 29.9 Å². The molecule has 3 amide bonds. The zero-order valence-electron chi connectivity index (χ0n) is 15.4. The fourth-order valence-corrected chi connectivity index (χ4v) is 2.47. The van der Waals surface area contributed by atoms with Crippen molar-refractivity contribution in [3.05, 3.63) is 70.8 Å². The summed E-state index contributed by atoms with van der Waals surface area (Å²) in [5.41, 5.74) is 2.05. The second-order valence-corrected chi connectivity index (χ2v) is 6.16. The first-order valence-corrected chi connectivity index (χ1v) is 8.68. The normalized spacial score (nSPS) is 10.4. The van der Waals surface area contributed by atoms with Gasteiger partial charge in [-0.15, -0.1) is 0 Å². The van der Waals surface area contributed by atoms with Crippen molar-refractivity contribution in [1.82, 2.24) is 15.5 Å². The third-order valence-electron chi connectivity index (χ3n) is 4.07. The van der Waals surface area contributed by atoms with Crippen LogP contribution >= 0.6 is 0 Å². The smallest absolute Gasteiger partial charge is 0.318 e. The zero-order chi connectivity index (χ0) is 19.8. The second kappa shape index (κ2) is 9.66. The van der Waals surface area contributed by atoms with E-state index in [1.807, 2.05) is 0 Å². The zero-order valence-corrected chi connectivity index (χ0v) is 15.4. The summed E-state index contributed by atoms with van der Waals surface area (Å²) in [5, 5.41) is 5.43. The van der Waals surface area contributed by atoms with Crippen LogP contribution in [0.4, 0.5) is 13.6 Å². The summed E-state index contributed by atoms with van der Waals surface area (Å²) in [7, 11) is 0. The van der Waals surface area contributed by atoms with Gasteiger partial charge in [0.05, 0.1) is 0 Å². The Morgan fingerprint density at radius 1 is 0.963 bits per heavy atom. The van der Waals surface area contributed by atoms with Crippen LogP contribution in [0.25, 0.3) is 0 Å².